The van der Waals surface area contributed by atoms with Gasteiger partial charge in [0.25, 0.3) is 0 Å². The molecule has 0 aromatic heterocycles. The Hall–Kier alpha value is -0.0800. The van der Waals surface area contributed by atoms with Crippen LogP contribution in [0.5, 0.6) is 0 Å². The summed E-state index contributed by atoms with van der Waals surface area (Å²) >= 11 is 0. The summed E-state index contributed by atoms with van der Waals surface area (Å²) in [4.78, 5) is 0. The van der Waals surface area contributed by atoms with Crippen molar-refractivity contribution in [2.75, 3.05) is 0 Å². The molecule has 1 fully saturated rings. The second-order valence-corrected chi connectivity index (χ2v) is 4.36. The lowest BCUT2D eigenvalue weighted by Gasteiger charge is -2.29. The van der Waals surface area contributed by atoms with Crippen molar-refractivity contribution in [3.63, 3.8) is 0 Å². The molecule has 0 bridgehead atoms. The third-order valence-corrected chi connectivity index (χ3v) is 2.94. The van der Waals surface area contributed by atoms with Gasteiger partial charge < -0.3 is 10.4 Å². The average Bonchev–Trinajstić information content (AvgIpc) is 2.09. The van der Waals surface area contributed by atoms with Crippen molar-refractivity contribution in [3.8, 4) is 0 Å². The molecule has 0 saturated heterocycles. The average molecular weight is 185 g/mol. The van der Waals surface area contributed by atoms with Crippen LogP contribution in [0.25, 0.3) is 0 Å². The Balaban J connectivity index is 2.14. The van der Waals surface area contributed by atoms with Crippen LogP contribution in [0.2, 0.25) is 0 Å². The van der Waals surface area contributed by atoms with E-state index >= 15 is 0 Å². The van der Waals surface area contributed by atoms with E-state index in [4.69, 9.17) is 0 Å². The topological polar surface area (TPSA) is 32.3 Å². The molecule has 1 aliphatic carbocycles. The molecule has 2 heteroatoms. The highest BCUT2D eigenvalue weighted by Crippen LogP contribution is 2.19. The first-order chi connectivity index (χ1) is 6.22. The molecule has 0 amide bonds. The van der Waals surface area contributed by atoms with E-state index in [0.717, 1.165) is 25.7 Å². The number of hydrogen-bond donors (Lipinski definition) is 2. The minimum absolute atomic E-state index is 0.0282. The number of aliphatic hydroxyl groups is 1. The number of hydrogen-bond acceptors (Lipinski definition) is 2. The fourth-order valence-electron chi connectivity index (χ4n) is 2.16. The van der Waals surface area contributed by atoms with Crippen molar-refractivity contribution < 1.29 is 5.11 Å². The Bertz CT molecular complexity index is 130. The lowest BCUT2D eigenvalue weighted by molar-refractivity contribution is 0.114. The van der Waals surface area contributed by atoms with Gasteiger partial charge in [-0.1, -0.05) is 13.3 Å². The third kappa shape index (κ3) is 4.10. The van der Waals surface area contributed by atoms with Crippen molar-refractivity contribution in [3.05, 3.63) is 0 Å². The standard InChI is InChI=1S/C11H23NO/c1-3-4-9(2)12-10-5-7-11(13)8-6-10/h9-13H,3-8H2,1-2H3/t9-,10?,11?/m0/s1. The van der Waals surface area contributed by atoms with Crippen molar-refractivity contribution in [2.24, 2.45) is 0 Å². The first-order valence-electron chi connectivity index (χ1n) is 5.66. The predicted octanol–water partition coefficient (Wildman–Crippen LogP) is 2.07. The zero-order chi connectivity index (χ0) is 9.68. The van der Waals surface area contributed by atoms with Gasteiger partial charge in [-0.15, -0.1) is 0 Å². The summed E-state index contributed by atoms with van der Waals surface area (Å²) in [5.74, 6) is 0. The van der Waals surface area contributed by atoms with Crippen LogP contribution < -0.4 is 5.32 Å². The fraction of sp³-hybridized carbons (Fsp3) is 1.00. The van der Waals surface area contributed by atoms with Crippen LogP contribution in [0.1, 0.15) is 52.4 Å². The summed E-state index contributed by atoms with van der Waals surface area (Å²) in [6.07, 6.45) is 6.75. The van der Waals surface area contributed by atoms with Crippen LogP contribution >= 0.6 is 0 Å². The van der Waals surface area contributed by atoms with Gasteiger partial charge in [-0.3, -0.25) is 0 Å². The molecule has 0 aromatic carbocycles. The first-order valence-corrected chi connectivity index (χ1v) is 5.66. The minimum Gasteiger partial charge on any atom is -0.393 e. The Morgan fingerprint density at radius 3 is 2.46 bits per heavy atom. The summed E-state index contributed by atoms with van der Waals surface area (Å²) in [6, 6.07) is 1.30. The van der Waals surface area contributed by atoms with Gasteiger partial charge in [0.05, 0.1) is 6.10 Å². The summed E-state index contributed by atoms with van der Waals surface area (Å²) in [7, 11) is 0. The van der Waals surface area contributed by atoms with E-state index in [0.29, 0.717) is 12.1 Å². The molecule has 1 rings (SSSR count). The highest BCUT2D eigenvalue weighted by molar-refractivity contribution is 4.78. The zero-order valence-electron chi connectivity index (χ0n) is 8.92. The number of aliphatic hydroxyl groups excluding tert-OH is 1. The van der Waals surface area contributed by atoms with E-state index in [9.17, 15) is 5.11 Å². The Labute approximate surface area is 81.7 Å². The van der Waals surface area contributed by atoms with Crippen molar-refractivity contribution >= 4 is 0 Å². The normalized spacial score (nSPS) is 31.6. The molecule has 0 aromatic rings. The molecule has 13 heavy (non-hydrogen) atoms. The minimum atomic E-state index is -0.0282. The molecule has 0 heterocycles. The largest absolute Gasteiger partial charge is 0.393 e. The Kier molecular flexibility index (Phi) is 4.74. The van der Waals surface area contributed by atoms with Gasteiger partial charge in [0.15, 0.2) is 0 Å². The molecule has 78 valence electrons. The SMILES string of the molecule is CCC[C@H](C)NC1CCC(O)CC1. The van der Waals surface area contributed by atoms with E-state index in [1.165, 1.54) is 12.8 Å². The summed E-state index contributed by atoms with van der Waals surface area (Å²) in [5.41, 5.74) is 0. The van der Waals surface area contributed by atoms with Crippen LogP contribution in [0, 0.1) is 0 Å². The van der Waals surface area contributed by atoms with Gasteiger partial charge in [-0.2, -0.15) is 0 Å². The summed E-state index contributed by atoms with van der Waals surface area (Å²) in [6.45, 7) is 4.48. The van der Waals surface area contributed by atoms with Crippen molar-refractivity contribution in [2.45, 2.75) is 70.6 Å². The Morgan fingerprint density at radius 1 is 1.31 bits per heavy atom. The lowest BCUT2D eigenvalue weighted by atomic mass is 9.92. The monoisotopic (exact) mass is 185 g/mol. The molecule has 0 spiro atoms. The van der Waals surface area contributed by atoms with E-state index < -0.39 is 0 Å². The van der Waals surface area contributed by atoms with Crippen LogP contribution in [-0.4, -0.2) is 23.3 Å². The van der Waals surface area contributed by atoms with Gasteiger partial charge in [-0.25, -0.2) is 0 Å². The quantitative estimate of drug-likeness (QED) is 0.702. The van der Waals surface area contributed by atoms with Gasteiger partial charge in [-0.05, 0) is 39.0 Å². The fourth-order valence-corrected chi connectivity index (χ4v) is 2.16. The molecule has 2 N–H and O–H groups in total. The van der Waals surface area contributed by atoms with Gasteiger partial charge in [0.2, 0.25) is 0 Å². The molecule has 0 unspecified atom stereocenters. The second kappa shape index (κ2) is 5.61. The highest BCUT2D eigenvalue weighted by Gasteiger charge is 2.19. The first kappa shape index (κ1) is 11.0. The molecule has 1 saturated carbocycles. The Morgan fingerprint density at radius 2 is 1.92 bits per heavy atom. The molecule has 1 atom stereocenters. The van der Waals surface area contributed by atoms with Crippen LogP contribution in [0.15, 0.2) is 0 Å². The molecule has 1 aliphatic rings. The van der Waals surface area contributed by atoms with Crippen LogP contribution in [-0.2, 0) is 0 Å². The third-order valence-electron chi connectivity index (χ3n) is 2.94. The zero-order valence-corrected chi connectivity index (χ0v) is 8.92. The summed E-state index contributed by atoms with van der Waals surface area (Å²) in [5, 5.41) is 13.0. The van der Waals surface area contributed by atoms with Crippen LogP contribution in [0.4, 0.5) is 0 Å². The summed E-state index contributed by atoms with van der Waals surface area (Å²) < 4.78 is 0. The molecule has 0 aliphatic heterocycles. The van der Waals surface area contributed by atoms with Crippen molar-refractivity contribution in [1.29, 1.82) is 0 Å². The van der Waals surface area contributed by atoms with Crippen molar-refractivity contribution in [1.82, 2.24) is 5.32 Å². The van der Waals surface area contributed by atoms with Gasteiger partial charge in [0, 0.05) is 12.1 Å². The highest BCUT2D eigenvalue weighted by atomic mass is 16.3. The van der Waals surface area contributed by atoms with E-state index in [1.54, 1.807) is 0 Å². The van der Waals surface area contributed by atoms with E-state index in [2.05, 4.69) is 19.2 Å². The number of rotatable bonds is 4. The predicted molar refractivity (Wildman–Crippen MR) is 55.8 cm³/mol. The molecular formula is C11H23NO. The van der Waals surface area contributed by atoms with Gasteiger partial charge >= 0.3 is 0 Å². The maximum absolute atomic E-state index is 9.34. The maximum Gasteiger partial charge on any atom is 0.0541 e. The maximum atomic E-state index is 9.34. The molecule has 2 nitrogen and oxygen atoms in total. The number of nitrogens with one attached hydrogen (secondary N) is 1. The van der Waals surface area contributed by atoms with Crippen LogP contribution in [0.3, 0.4) is 0 Å². The van der Waals surface area contributed by atoms with Gasteiger partial charge in [0.1, 0.15) is 0 Å². The molecular weight excluding hydrogens is 162 g/mol. The van der Waals surface area contributed by atoms with E-state index in [1.807, 2.05) is 0 Å². The smallest absolute Gasteiger partial charge is 0.0541 e. The second-order valence-electron chi connectivity index (χ2n) is 4.36. The lowest BCUT2D eigenvalue weighted by Crippen LogP contribution is -2.39. The molecule has 0 radical (unpaired) electrons. The van der Waals surface area contributed by atoms with E-state index in [-0.39, 0.29) is 6.10 Å².